The third-order valence-electron chi connectivity index (χ3n) is 9.04. The molecule has 0 aliphatic heterocycles. The Hall–Kier alpha value is 0. The van der Waals surface area contributed by atoms with Gasteiger partial charge in [0.15, 0.2) is 0 Å². The van der Waals surface area contributed by atoms with Crippen LogP contribution in [0.3, 0.4) is 0 Å². The van der Waals surface area contributed by atoms with Crippen molar-refractivity contribution in [2.75, 3.05) is 0 Å². The highest BCUT2D eigenvalue weighted by atomic mass is 14.1. The second-order valence-corrected chi connectivity index (χ2v) is 13.1. The summed E-state index contributed by atoms with van der Waals surface area (Å²) in [4.78, 5) is 0. The lowest BCUT2D eigenvalue weighted by Gasteiger charge is -2.15. The van der Waals surface area contributed by atoms with Crippen molar-refractivity contribution in [2.45, 2.75) is 214 Å². The Morgan fingerprint density at radius 2 is 0.528 bits per heavy atom. The van der Waals surface area contributed by atoms with Crippen molar-refractivity contribution >= 4 is 0 Å². The van der Waals surface area contributed by atoms with Gasteiger partial charge >= 0.3 is 0 Å². The Kier molecular flexibility index (Phi) is 29.6. The van der Waals surface area contributed by atoms with Gasteiger partial charge in [-0.15, -0.1) is 0 Å². The molecule has 0 nitrogen and oxygen atoms in total. The molecule has 218 valence electrons. The maximum Gasteiger partial charge on any atom is -0.0443 e. The van der Waals surface area contributed by atoms with Gasteiger partial charge in [-0.2, -0.15) is 0 Å². The zero-order valence-corrected chi connectivity index (χ0v) is 26.5. The van der Waals surface area contributed by atoms with Gasteiger partial charge in [0, 0.05) is 0 Å². The van der Waals surface area contributed by atoms with Crippen LogP contribution in [-0.2, 0) is 0 Å². The molecule has 0 aliphatic carbocycles. The summed E-state index contributed by atoms with van der Waals surface area (Å²) in [5.74, 6) is 2.83. The molecule has 3 unspecified atom stereocenters. The van der Waals surface area contributed by atoms with Crippen molar-refractivity contribution in [3.05, 3.63) is 0 Å². The lowest BCUT2D eigenvalue weighted by molar-refractivity contribution is 0.380. The minimum Gasteiger partial charge on any atom is -0.0654 e. The third kappa shape index (κ3) is 28.6. The fraction of sp³-hybridized carbons (Fsp3) is 1.00. The zero-order chi connectivity index (χ0) is 26.5. The first-order valence-electron chi connectivity index (χ1n) is 17.6. The molecule has 36 heavy (non-hydrogen) atoms. The monoisotopic (exact) mass is 507 g/mol. The van der Waals surface area contributed by atoms with Gasteiger partial charge in [0.25, 0.3) is 0 Å². The van der Waals surface area contributed by atoms with Crippen molar-refractivity contribution in [3.63, 3.8) is 0 Å². The second-order valence-electron chi connectivity index (χ2n) is 13.1. The van der Waals surface area contributed by atoms with Crippen molar-refractivity contribution in [1.82, 2.24) is 0 Å². The molecule has 0 heteroatoms. The van der Waals surface area contributed by atoms with Crippen molar-refractivity contribution in [3.8, 4) is 0 Å². The van der Waals surface area contributed by atoms with E-state index < -0.39 is 0 Å². The van der Waals surface area contributed by atoms with E-state index >= 15 is 0 Å². The summed E-state index contributed by atoms with van der Waals surface area (Å²) in [5, 5.41) is 0. The van der Waals surface area contributed by atoms with Crippen molar-refractivity contribution < 1.29 is 0 Å². The largest absolute Gasteiger partial charge is 0.0654 e. The smallest absolute Gasteiger partial charge is 0.0443 e. The molecular formula is C36H74. The van der Waals surface area contributed by atoms with Crippen LogP contribution in [0.2, 0.25) is 0 Å². The molecule has 0 rings (SSSR count). The third-order valence-corrected chi connectivity index (χ3v) is 9.04. The zero-order valence-electron chi connectivity index (χ0n) is 26.5. The van der Waals surface area contributed by atoms with E-state index in [4.69, 9.17) is 0 Å². The lowest BCUT2D eigenvalue weighted by Crippen LogP contribution is -2.00. The Morgan fingerprint density at radius 1 is 0.278 bits per heavy atom. The first-order valence-corrected chi connectivity index (χ1v) is 17.6. The molecule has 0 aromatic heterocycles. The molecule has 0 aliphatic rings. The molecule has 0 aromatic carbocycles. The fourth-order valence-electron chi connectivity index (χ4n) is 5.87. The van der Waals surface area contributed by atoms with Crippen LogP contribution in [0.4, 0.5) is 0 Å². The summed E-state index contributed by atoms with van der Waals surface area (Å²) in [6, 6.07) is 0. The van der Waals surface area contributed by atoms with E-state index in [1.165, 1.54) is 180 Å². The van der Waals surface area contributed by atoms with Crippen LogP contribution in [0.25, 0.3) is 0 Å². The van der Waals surface area contributed by atoms with E-state index in [0.717, 1.165) is 17.8 Å². The molecule has 0 bridgehead atoms. The maximum absolute atomic E-state index is 2.50. The van der Waals surface area contributed by atoms with Gasteiger partial charge in [0.2, 0.25) is 0 Å². The van der Waals surface area contributed by atoms with Crippen LogP contribution in [0, 0.1) is 17.8 Å². The van der Waals surface area contributed by atoms with Gasteiger partial charge < -0.3 is 0 Å². The van der Waals surface area contributed by atoms with Crippen LogP contribution in [0.1, 0.15) is 214 Å². The highest BCUT2D eigenvalue weighted by Crippen LogP contribution is 2.22. The van der Waals surface area contributed by atoms with Gasteiger partial charge in [-0.1, -0.05) is 214 Å². The second kappa shape index (κ2) is 29.6. The van der Waals surface area contributed by atoms with Crippen LogP contribution >= 0.6 is 0 Å². The average molecular weight is 507 g/mol. The van der Waals surface area contributed by atoms with Crippen molar-refractivity contribution in [1.29, 1.82) is 0 Å². The average Bonchev–Trinajstić information content (AvgIpc) is 2.87. The van der Waals surface area contributed by atoms with Crippen LogP contribution in [0.15, 0.2) is 0 Å². The SMILES string of the molecule is CCCCCCCCCCCCCCCCCCCCCCC(C)CCCC(C)CCCC(C)CC. The quantitative estimate of drug-likeness (QED) is 0.0849. The molecule has 3 atom stereocenters. The molecule has 0 fully saturated rings. The van der Waals surface area contributed by atoms with Gasteiger partial charge in [-0.25, -0.2) is 0 Å². The molecule has 0 heterocycles. The van der Waals surface area contributed by atoms with Crippen LogP contribution < -0.4 is 0 Å². The number of hydrogen-bond acceptors (Lipinski definition) is 0. The molecule has 0 amide bonds. The van der Waals surface area contributed by atoms with E-state index in [9.17, 15) is 0 Å². The molecule has 0 saturated heterocycles. The number of hydrogen-bond donors (Lipinski definition) is 0. The summed E-state index contributed by atoms with van der Waals surface area (Å²) in [7, 11) is 0. The van der Waals surface area contributed by atoms with Crippen molar-refractivity contribution in [2.24, 2.45) is 17.8 Å². The highest BCUT2D eigenvalue weighted by molar-refractivity contribution is 4.60. The van der Waals surface area contributed by atoms with E-state index in [1.54, 1.807) is 0 Å². The number of unbranched alkanes of at least 4 members (excludes halogenated alkanes) is 19. The lowest BCUT2D eigenvalue weighted by atomic mass is 9.91. The van der Waals surface area contributed by atoms with E-state index in [0.29, 0.717) is 0 Å². The summed E-state index contributed by atoms with van der Waals surface area (Å²) < 4.78 is 0. The summed E-state index contributed by atoms with van der Waals surface area (Å²) in [5.41, 5.74) is 0. The minimum atomic E-state index is 0.932. The maximum atomic E-state index is 2.50. The Balaban J connectivity index is 3.22. The molecule has 0 saturated carbocycles. The standard InChI is InChI=1S/C36H74/c1-6-8-9-10-11-12-13-14-15-16-17-18-19-20-21-22-23-24-25-26-29-35(4)32-28-33-36(5)31-27-30-34(3)7-2/h34-36H,6-33H2,1-5H3. The predicted molar refractivity (Wildman–Crippen MR) is 168 cm³/mol. The summed E-state index contributed by atoms with van der Waals surface area (Å²) >= 11 is 0. The van der Waals surface area contributed by atoms with E-state index in [1.807, 2.05) is 0 Å². The Bertz CT molecular complexity index is 385. The molecule has 0 N–H and O–H groups in total. The highest BCUT2D eigenvalue weighted by Gasteiger charge is 2.07. The van der Waals surface area contributed by atoms with E-state index in [2.05, 4.69) is 34.6 Å². The van der Waals surface area contributed by atoms with Crippen LogP contribution in [-0.4, -0.2) is 0 Å². The fourth-order valence-corrected chi connectivity index (χ4v) is 5.87. The molecule has 0 aromatic rings. The first kappa shape index (κ1) is 36.0. The van der Waals surface area contributed by atoms with Gasteiger partial charge in [-0.05, 0) is 17.8 Å². The van der Waals surface area contributed by atoms with Gasteiger partial charge in [0.1, 0.15) is 0 Å². The topological polar surface area (TPSA) is 0 Å². The number of rotatable bonds is 30. The van der Waals surface area contributed by atoms with E-state index in [-0.39, 0.29) is 0 Å². The Morgan fingerprint density at radius 3 is 0.833 bits per heavy atom. The molecule has 0 spiro atoms. The summed E-state index contributed by atoms with van der Waals surface area (Å²) in [6.07, 6.45) is 41.1. The van der Waals surface area contributed by atoms with Crippen LogP contribution in [0.5, 0.6) is 0 Å². The first-order chi connectivity index (χ1) is 17.6. The normalized spacial score (nSPS) is 14.2. The molecular weight excluding hydrogens is 432 g/mol. The predicted octanol–water partition coefficient (Wildman–Crippen LogP) is 13.9. The molecule has 0 radical (unpaired) electrons. The van der Waals surface area contributed by atoms with Gasteiger partial charge in [0.05, 0.1) is 0 Å². The van der Waals surface area contributed by atoms with Gasteiger partial charge in [-0.3, -0.25) is 0 Å². The minimum absolute atomic E-state index is 0.932. The Labute approximate surface area is 232 Å². The summed E-state index contributed by atoms with van der Waals surface area (Å²) in [6.45, 7) is 12.0.